The summed E-state index contributed by atoms with van der Waals surface area (Å²) < 4.78 is 84.7. The van der Waals surface area contributed by atoms with E-state index in [1.54, 1.807) is 7.11 Å². The lowest BCUT2D eigenvalue weighted by Gasteiger charge is -2.14. The number of carbonyl (C=O) groups excluding carboxylic acids is 15. The number of unbranched alkanes of at least 4 members (excludes halogenated alkanes) is 31. The van der Waals surface area contributed by atoms with E-state index in [9.17, 15) is 71.9 Å². The largest absolute Gasteiger partial charge is 0.466 e. The topological polar surface area (TPSA) is 404 Å². The highest BCUT2D eigenvalue weighted by Crippen LogP contribution is 2.18. The van der Waals surface area contributed by atoms with Gasteiger partial charge >= 0.3 is 89.5 Å². The van der Waals surface area contributed by atoms with Gasteiger partial charge in [0, 0.05) is 110 Å². The lowest BCUT2D eigenvalue weighted by molar-refractivity contribution is -0.146. The van der Waals surface area contributed by atoms with Crippen molar-refractivity contribution in [2.75, 3.05) is 113 Å². The van der Waals surface area contributed by atoms with E-state index in [-0.39, 0.29) is 220 Å². The summed E-state index contributed by atoms with van der Waals surface area (Å²) in [6, 6.07) is 0. The van der Waals surface area contributed by atoms with E-state index in [4.69, 9.17) is 75.8 Å². The Morgan fingerprint density at radius 3 is 0.392 bits per heavy atom. The summed E-state index contributed by atoms with van der Waals surface area (Å²) in [5, 5.41) is 0. The van der Waals surface area contributed by atoms with Crippen LogP contribution in [0.1, 0.15) is 425 Å². The molecule has 0 heterocycles. The molecule has 0 rings (SSSR count). The molecule has 0 saturated heterocycles. The van der Waals surface area contributed by atoms with Crippen LogP contribution in [0, 0.1) is 5.92 Å². The minimum absolute atomic E-state index is 0.160. The molecule has 752 valence electrons. The highest BCUT2D eigenvalue weighted by Gasteiger charge is 2.17. The Balaban J connectivity index is 3.54. The third-order valence-corrected chi connectivity index (χ3v) is 21.3. The van der Waals surface area contributed by atoms with Crippen LogP contribution >= 0.6 is 0 Å². The van der Waals surface area contributed by atoms with Crippen molar-refractivity contribution in [1.82, 2.24) is 0 Å². The predicted octanol–water partition coefficient (Wildman–Crippen LogP) is 19.4. The maximum atomic E-state index is 12.2. The van der Waals surface area contributed by atoms with Crippen molar-refractivity contribution in [2.24, 2.45) is 5.92 Å². The Kier molecular flexibility index (Phi) is 88.4. The van der Waals surface area contributed by atoms with E-state index in [0.29, 0.717) is 309 Å². The first-order valence-electron chi connectivity index (χ1n) is 50.1. The Hall–Kier alpha value is -7.99. The molecule has 0 aliphatic heterocycles. The van der Waals surface area contributed by atoms with Gasteiger partial charge in [-0.15, -0.1) is 0 Å². The number of ether oxygens (including phenoxy) is 16. The molecule has 130 heavy (non-hydrogen) atoms. The second-order valence-electron chi connectivity index (χ2n) is 33.3. The van der Waals surface area contributed by atoms with Crippen LogP contribution in [-0.2, 0) is 148 Å². The van der Waals surface area contributed by atoms with Gasteiger partial charge in [-0.05, 0) is 295 Å². The lowest BCUT2D eigenvalue weighted by Crippen LogP contribution is -2.13. The van der Waals surface area contributed by atoms with Crippen molar-refractivity contribution in [3.63, 3.8) is 0 Å². The molecular weight excluding hydrogens is 1690 g/mol. The minimum Gasteiger partial charge on any atom is -0.466 e. The Morgan fingerprint density at radius 2 is 0.277 bits per heavy atom. The van der Waals surface area contributed by atoms with Crippen molar-refractivity contribution in [1.29, 1.82) is 0 Å². The maximum Gasteiger partial charge on any atom is 0.305 e. The Labute approximate surface area is 777 Å². The van der Waals surface area contributed by atoms with Crippen LogP contribution in [0.3, 0.4) is 0 Å². The summed E-state index contributed by atoms with van der Waals surface area (Å²) in [7, 11) is 1.66. The first-order valence-corrected chi connectivity index (χ1v) is 50.1. The van der Waals surface area contributed by atoms with E-state index >= 15 is 0 Å². The van der Waals surface area contributed by atoms with Crippen LogP contribution in [0.15, 0.2) is 0 Å². The van der Waals surface area contributed by atoms with Crippen LogP contribution in [0.25, 0.3) is 0 Å². The van der Waals surface area contributed by atoms with Gasteiger partial charge in [-0.3, -0.25) is 71.9 Å². The average molecular weight is 1860 g/mol. The highest BCUT2D eigenvalue weighted by atomic mass is 16.6. The molecule has 0 amide bonds. The number of rotatable bonds is 96. The first-order chi connectivity index (χ1) is 63.3. The fourth-order valence-corrected chi connectivity index (χ4v) is 13.2. The number of methoxy groups -OCH3 is 1. The van der Waals surface area contributed by atoms with Crippen LogP contribution in [0.5, 0.6) is 0 Å². The molecule has 1 atom stereocenters. The molecule has 0 radical (unpaired) electrons. The summed E-state index contributed by atoms with van der Waals surface area (Å²) >= 11 is 0. The standard InChI is InChI=1S/C99H170O31/c1-4-6-52-84(5-2)83-130-99(114)67-36-21-51-82-129-98(113)66-35-20-50-81-128-97(112)65-34-19-49-80-127-96(111)64-33-18-48-79-126-95(110)63-32-17-47-78-125-94(109)62-31-16-46-77-124-93(108)61-30-15-45-76-123-92(107)60-29-14-44-75-122-91(106)59-28-13-43-74-121-90(105)58-27-12-42-73-120-89(104)57-26-11-41-72-119-88(103)56-25-10-40-71-118-87(102)55-24-9-39-70-117-86(101)54-23-8-38-69-116-85(100)53-22-7-37-68-115-3/h84H,4-83H2,1-3H3. The molecule has 31 heteroatoms. The second-order valence-corrected chi connectivity index (χ2v) is 33.3. The molecule has 0 aliphatic rings. The molecular formula is C99H170O31. The molecule has 0 aromatic heterocycles. The van der Waals surface area contributed by atoms with Crippen LogP contribution in [0.2, 0.25) is 0 Å². The monoisotopic (exact) mass is 1860 g/mol. The quantitative estimate of drug-likeness (QED) is 0.0310. The zero-order valence-corrected chi connectivity index (χ0v) is 80.3. The van der Waals surface area contributed by atoms with Crippen LogP contribution < -0.4 is 0 Å². The number of esters is 15. The fraction of sp³-hybridized carbons (Fsp3) is 0.848. The third-order valence-electron chi connectivity index (χ3n) is 21.3. The van der Waals surface area contributed by atoms with E-state index < -0.39 is 0 Å². The van der Waals surface area contributed by atoms with Crippen LogP contribution in [0.4, 0.5) is 0 Å². The summed E-state index contributed by atoms with van der Waals surface area (Å²) in [6.45, 7) is 9.54. The van der Waals surface area contributed by atoms with E-state index in [1.807, 2.05) is 0 Å². The second kappa shape index (κ2) is 94.2. The molecule has 0 saturated carbocycles. The summed E-state index contributed by atoms with van der Waals surface area (Å²) in [6.07, 6.45) is 39.6. The van der Waals surface area contributed by atoms with Gasteiger partial charge in [0.15, 0.2) is 0 Å². The smallest absolute Gasteiger partial charge is 0.305 e. The zero-order chi connectivity index (χ0) is 95.1. The van der Waals surface area contributed by atoms with Crippen molar-refractivity contribution >= 4 is 89.5 Å². The summed E-state index contributed by atoms with van der Waals surface area (Å²) in [5.41, 5.74) is 0. The summed E-state index contributed by atoms with van der Waals surface area (Å²) in [4.78, 5) is 181. The van der Waals surface area contributed by atoms with Crippen LogP contribution in [-0.4, -0.2) is 202 Å². The summed E-state index contributed by atoms with van der Waals surface area (Å²) in [5.74, 6) is -3.55. The van der Waals surface area contributed by atoms with Gasteiger partial charge in [0.1, 0.15) is 0 Å². The van der Waals surface area contributed by atoms with Gasteiger partial charge in [-0.2, -0.15) is 0 Å². The van der Waals surface area contributed by atoms with Crippen molar-refractivity contribution in [3.8, 4) is 0 Å². The fourth-order valence-electron chi connectivity index (χ4n) is 13.2. The van der Waals surface area contributed by atoms with Gasteiger partial charge in [-0.25, -0.2) is 0 Å². The molecule has 0 aliphatic carbocycles. The van der Waals surface area contributed by atoms with E-state index in [2.05, 4.69) is 13.8 Å². The average Bonchev–Trinajstić information content (AvgIpc) is 0.991. The van der Waals surface area contributed by atoms with E-state index in [0.717, 1.165) is 83.5 Å². The Bertz CT molecular complexity index is 2820. The molecule has 31 nitrogen and oxygen atoms in total. The van der Waals surface area contributed by atoms with Crippen molar-refractivity contribution < 1.29 is 148 Å². The van der Waals surface area contributed by atoms with Gasteiger partial charge in [0.2, 0.25) is 0 Å². The van der Waals surface area contributed by atoms with Crippen molar-refractivity contribution in [2.45, 2.75) is 425 Å². The Morgan fingerprint density at radius 1 is 0.154 bits per heavy atom. The van der Waals surface area contributed by atoms with Gasteiger partial charge in [0.05, 0.1) is 99.1 Å². The predicted molar refractivity (Wildman–Crippen MR) is 487 cm³/mol. The molecule has 0 N–H and O–H groups in total. The molecule has 0 fully saturated rings. The molecule has 0 aromatic carbocycles. The third kappa shape index (κ3) is 91.9. The SMILES string of the molecule is CCCCC(CC)COC(=O)CCCCCOC(=O)CCCCCOC(=O)CCCCCOC(=O)CCCCCOC(=O)CCCCCOC(=O)CCCCCOC(=O)CCCCCOC(=O)CCCCCOC(=O)CCCCCOC(=O)CCCCCOC(=O)CCCCCOC(=O)CCCCCOC(=O)CCCCCOC(=O)CCCCCOC(=O)CCCCCOC. The molecule has 0 bridgehead atoms. The number of hydrogen-bond acceptors (Lipinski definition) is 31. The lowest BCUT2D eigenvalue weighted by atomic mass is 10.0. The number of hydrogen-bond donors (Lipinski definition) is 0. The van der Waals surface area contributed by atoms with Gasteiger partial charge < -0.3 is 75.8 Å². The normalized spacial score (nSPS) is 11.2. The molecule has 1 unspecified atom stereocenters. The number of carbonyl (C=O) groups is 15. The first kappa shape index (κ1) is 122. The maximum absolute atomic E-state index is 12.2. The van der Waals surface area contributed by atoms with E-state index in [1.165, 1.54) is 0 Å². The zero-order valence-electron chi connectivity index (χ0n) is 80.3. The minimum atomic E-state index is -0.293. The van der Waals surface area contributed by atoms with Gasteiger partial charge in [0.25, 0.3) is 0 Å². The molecule has 0 aromatic rings. The van der Waals surface area contributed by atoms with Gasteiger partial charge in [-0.1, -0.05) is 39.5 Å². The van der Waals surface area contributed by atoms with Crippen molar-refractivity contribution in [3.05, 3.63) is 0 Å². The highest BCUT2D eigenvalue weighted by molar-refractivity contribution is 5.74. The molecule has 0 spiro atoms.